The second-order valence-corrected chi connectivity index (χ2v) is 25.5. The number of Topliss-reactive ketones (excluding diaryl/α,β-unsaturated/α-hetero) is 1. The van der Waals surface area contributed by atoms with Gasteiger partial charge in [-0.1, -0.05) is 41.5 Å². The monoisotopic (exact) mass is 1460 g/mol. The van der Waals surface area contributed by atoms with Crippen molar-refractivity contribution in [2.75, 3.05) is 145 Å². The molecule has 0 aromatic rings. The molecule has 16 unspecified atom stereocenters. The molecule has 3 saturated heterocycles. The molecule has 7 N–H and O–H groups in total. The van der Waals surface area contributed by atoms with Gasteiger partial charge in [-0.05, 0) is 48.3 Å². The highest BCUT2D eigenvalue weighted by Gasteiger charge is 2.48. The van der Waals surface area contributed by atoms with Gasteiger partial charge in [0, 0.05) is 80.4 Å². The molecule has 6 amide bonds. The number of carbonyl (C=O) groups is 10. The summed E-state index contributed by atoms with van der Waals surface area (Å²) in [4.78, 5) is 123. The van der Waals surface area contributed by atoms with Gasteiger partial charge >= 0.3 is 30.0 Å². The smallest absolute Gasteiger partial charge is 0.463 e. The standard InChI is InChI=1S/C66H112F3N7O25/c1-40-43(4)58(73-46(7)77)61(99-53(40)37-96-49(10)80)93-32-29-90-26-23-87-20-17-70-36-52(83)13-15-65(76-64(86)66(67,68)69,35-57(85)72-19-22-89-25-28-92-31-34-95-63-60(75-48(9)79)45(6)42(3)55(101-63)39-98-51(12)82)16-14-56(84)71-18-21-88-24-27-91-30-33-94-62-59(74-47(8)78)44(5)41(2)54(100-62)38-97-50(11)81/h40-45,53-55,58-63,70H,13-39H2,1-12H3,(H,71,84)(H,72,85)(H,73,77)(H,74,78)(H,75,79)(H,76,86). The number of alkyl halides is 3. The molecule has 0 saturated carbocycles. The number of ketones is 1. The summed E-state index contributed by atoms with van der Waals surface area (Å²) in [6.07, 6.45) is -12.0. The first kappa shape index (κ1) is 89.4. The lowest BCUT2D eigenvalue weighted by molar-refractivity contribution is -0.247. The van der Waals surface area contributed by atoms with E-state index in [4.69, 9.17) is 71.1 Å². The van der Waals surface area contributed by atoms with Crippen LogP contribution in [0.5, 0.6) is 0 Å². The maximum atomic E-state index is 14.0. The summed E-state index contributed by atoms with van der Waals surface area (Å²) in [6.45, 7) is 20.8. The first-order valence-electron chi connectivity index (χ1n) is 34.5. The number of rotatable bonds is 50. The van der Waals surface area contributed by atoms with Gasteiger partial charge in [-0.15, -0.1) is 0 Å². The Hall–Kier alpha value is -5.83. The van der Waals surface area contributed by atoms with Gasteiger partial charge in [-0.2, -0.15) is 13.2 Å². The lowest BCUT2D eigenvalue weighted by Gasteiger charge is -2.44. The fourth-order valence-electron chi connectivity index (χ4n) is 11.4. The number of ether oxygens (including phenoxy) is 15. The van der Waals surface area contributed by atoms with Crippen molar-refractivity contribution in [2.45, 2.75) is 182 Å². The first-order valence-corrected chi connectivity index (χ1v) is 34.5. The quantitative estimate of drug-likeness (QED) is 0.0255. The van der Waals surface area contributed by atoms with E-state index >= 15 is 0 Å². The maximum Gasteiger partial charge on any atom is 0.471 e. The van der Waals surface area contributed by atoms with Crippen LogP contribution in [0.25, 0.3) is 0 Å². The Kier molecular flexibility index (Phi) is 42.7. The minimum absolute atomic E-state index is 0.00349. The highest BCUT2D eigenvalue weighted by Crippen LogP contribution is 2.35. The molecule has 3 fully saturated rings. The lowest BCUT2D eigenvalue weighted by atomic mass is 9.82. The van der Waals surface area contributed by atoms with Crippen molar-refractivity contribution >= 4 is 59.1 Å². The Balaban J connectivity index is 1.53. The Labute approximate surface area is 589 Å². The molecule has 101 heavy (non-hydrogen) atoms. The number of amides is 6. The van der Waals surface area contributed by atoms with Crippen LogP contribution in [0.1, 0.15) is 115 Å². The average molecular weight is 1460 g/mol. The van der Waals surface area contributed by atoms with Crippen LogP contribution in [-0.2, 0) is 119 Å². The number of esters is 3. The largest absolute Gasteiger partial charge is 0.471 e. The minimum Gasteiger partial charge on any atom is -0.463 e. The Morgan fingerprint density at radius 3 is 1.05 bits per heavy atom. The minimum atomic E-state index is -5.41. The molecule has 3 aliphatic heterocycles. The van der Waals surface area contributed by atoms with Gasteiger partial charge in [0.2, 0.25) is 29.5 Å². The van der Waals surface area contributed by atoms with E-state index in [2.05, 4.69) is 31.9 Å². The van der Waals surface area contributed by atoms with E-state index in [9.17, 15) is 61.1 Å². The van der Waals surface area contributed by atoms with E-state index in [-0.39, 0.29) is 198 Å². The zero-order valence-electron chi connectivity index (χ0n) is 60.6. The molecule has 0 aromatic carbocycles. The van der Waals surface area contributed by atoms with Gasteiger partial charge in [0.25, 0.3) is 0 Å². The number of carbonyl (C=O) groups excluding carboxylic acids is 10. The molecule has 3 aliphatic rings. The van der Waals surface area contributed by atoms with E-state index in [1.165, 1.54) is 41.5 Å². The maximum absolute atomic E-state index is 14.0. The number of hydrogen-bond acceptors (Lipinski definition) is 26. The van der Waals surface area contributed by atoms with Crippen molar-refractivity contribution < 1.29 is 132 Å². The van der Waals surface area contributed by atoms with Gasteiger partial charge in [0.15, 0.2) is 18.9 Å². The topological polar surface area (TPSA) is 393 Å². The zero-order chi connectivity index (χ0) is 75.1. The summed E-state index contributed by atoms with van der Waals surface area (Å²) >= 11 is 0. The fraction of sp³-hybridized carbons (Fsp3) is 0.848. The molecule has 0 spiro atoms. The van der Waals surface area contributed by atoms with E-state index in [1.54, 1.807) is 0 Å². The van der Waals surface area contributed by atoms with E-state index < -0.39 is 141 Å². The molecule has 35 heteroatoms. The van der Waals surface area contributed by atoms with Gasteiger partial charge in [0.1, 0.15) is 25.6 Å². The summed E-state index contributed by atoms with van der Waals surface area (Å²) < 4.78 is 127. The second-order valence-electron chi connectivity index (χ2n) is 25.5. The molecule has 0 bridgehead atoms. The highest BCUT2D eigenvalue weighted by molar-refractivity contribution is 5.85. The summed E-state index contributed by atoms with van der Waals surface area (Å²) in [5.74, 6) is -7.04. The van der Waals surface area contributed by atoms with Crippen molar-refractivity contribution in [1.82, 2.24) is 37.2 Å². The van der Waals surface area contributed by atoms with Crippen LogP contribution in [0.3, 0.4) is 0 Å². The molecule has 0 radical (unpaired) electrons. The molecule has 3 heterocycles. The van der Waals surface area contributed by atoms with Crippen LogP contribution < -0.4 is 37.2 Å². The molecular weight excluding hydrogens is 1350 g/mol. The summed E-state index contributed by atoms with van der Waals surface area (Å²) in [6, 6.07) is -1.45. The van der Waals surface area contributed by atoms with Crippen LogP contribution >= 0.6 is 0 Å². The number of hydrogen-bond donors (Lipinski definition) is 7. The molecule has 582 valence electrons. The van der Waals surface area contributed by atoms with Crippen molar-refractivity contribution in [1.29, 1.82) is 0 Å². The Morgan fingerprint density at radius 1 is 0.396 bits per heavy atom. The number of nitrogens with one attached hydrogen (secondary N) is 7. The van der Waals surface area contributed by atoms with Crippen LogP contribution in [-0.4, -0.2) is 271 Å². The molecule has 3 rings (SSSR count). The normalized spacial score (nSPS) is 25.7. The van der Waals surface area contributed by atoms with Gasteiger partial charge in [0.05, 0.1) is 148 Å². The van der Waals surface area contributed by atoms with Gasteiger partial charge in [-0.25, -0.2) is 0 Å². The average Bonchev–Trinajstić information content (AvgIpc) is 0.827. The summed E-state index contributed by atoms with van der Waals surface area (Å²) in [5, 5.41) is 18.7. The van der Waals surface area contributed by atoms with Crippen molar-refractivity contribution in [2.24, 2.45) is 35.5 Å². The summed E-state index contributed by atoms with van der Waals surface area (Å²) in [5.41, 5.74) is -2.06. The van der Waals surface area contributed by atoms with Crippen LogP contribution in [0, 0.1) is 35.5 Å². The molecule has 16 atom stereocenters. The summed E-state index contributed by atoms with van der Waals surface area (Å²) in [7, 11) is 0. The zero-order valence-corrected chi connectivity index (χ0v) is 60.6. The lowest BCUT2D eigenvalue weighted by Crippen LogP contribution is -2.58. The van der Waals surface area contributed by atoms with E-state index in [0.717, 1.165) is 0 Å². The number of halogens is 3. The second kappa shape index (κ2) is 48.2. The third-order valence-corrected chi connectivity index (χ3v) is 17.6. The molecule has 32 nitrogen and oxygen atoms in total. The third kappa shape index (κ3) is 36.0. The van der Waals surface area contributed by atoms with Crippen molar-refractivity contribution in [3.8, 4) is 0 Å². The van der Waals surface area contributed by atoms with E-state index in [0.29, 0.717) is 0 Å². The van der Waals surface area contributed by atoms with Crippen LogP contribution in [0.4, 0.5) is 13.2 Å². The Morgan fingerprint density at radius 2 is 0.713 bits per heavy atom. The highest BCUT2D eigenvalue weighted by atomic mass is 19.4. The van der Waals surface area contributed by atoms with Crippen LogP contribution in [0.2, 0.25) is 0 Å². The van der Waals surface area contributed by atoms with E-state index in [1.807, 2.05) is 46.9 Å². The van der Waals surface area contributed by atoms with Crippen LogP contribution in [0.15, 0.2) is 0 Å². The van der Waals surface area contributed by atoms with Crippen molar-refractivity contribution in [3.63, 3.8) is 0 Å². The Bertz CT molecular complexity index is 2530. The van der Waals surface area contributed by atoms with Crippen molar-refractivity contribution in [3.05, 3.63) is 0 Å². The SMILES string of the molecule is CC(=O)NC1C(OCCOCCOCCNCC(=O)CCC(CCC(=O)NCCOCCOCCOC2OC(COC(C)=O)C(C)C(C)C2NC(C)=O)(CC(=O)NCCOCCOCCOC2OC(COC(C)=O)C(C)C(C)C2NC(C)=O)NC(=O)C(F)(F)F)OC(COC(C)=O)C(C)C1C. The predicted molar refractivity (Wildman–Crippen MR) is 350 cm³/mol. The molecular formula is C66H112F3N7O25. The third-order valence-electron chi connectivity index (χ3n) is 17.6. The molecule has 0 aromatic heterocycles. The first-order chi connectivity index (χ1) is 47.8. The van der Waals surface area contributed by atoms with Gasteiger partial charge in [-0.3, -0.25) is 47.9 Å². The predicted octanol–water partition coefficient (Wildman–Crippen LogP) is 1.09. The fourth-order valence-corrected chi connectivity index (χ4v) is 11.4. The van der Waals surface area contributed by atoms with Gasteiger partial charge < -0.3 is 108 Å². The molecule has 0 aliphatic carbocycles.